The molecule has 32 heavy (non-hydrogen) atoms. The van der Waals surface area contributed by atoms with Crippen molar-refractivity contribution < 1.29 is 33.0 Å². The van der Waals surface area contributed by atoms with Crippen LogP contribution in [0.15, 0.2) is 41.0 Å². The molecule has 172 valence electrons. The first-order chi connectivity index (χ1) is 15.4. The lowest BCUT2D eigenvalue weighted by atomic mass is 9.97. The SMILES string of the molecule is CCOC(=O)c1ccoc1COC(=O)c1ccc(OCC(=O)N2C(C)CCCC2C)cc1. The van der Waals surface area contributed by atoms with Gasteiger partial charge in [0.15, 0.2) is 19.0 Å². The molecule has 0 bridgehead atoms. The van der Waals surface area contributed by atoms with E-state index in [-0.39, 0.29) is 49.1 Å². The first-order valence-electron chi connectivity index (χ1n) is 10.8. The van der Waals surface area contributed by atoms with Crippen LogP contribution in [-0.4, -0.2) is 48.0 Å². The molecule has 0 aliphatic carbocycles. The Morgan fingerprint density at radius 3 is 2.34 bits per heavy atom. The second-order valence-corrected chi connectivity index (χ2v) is 7.80. The molecule has 1 aromatic heterocycles. The van der Waals surface area contributed by atoms with E-state index < -0.39 is 11.9 Å². The molecular weight excluding hydrogens is 414 g/mol. The highest BCUT2D eigenvalue weighted by molar-refractivity contribution is 5.91. The van der Waals surface area contributed by atoms with Gasteiger partial charge in [-0.25, -0.2) is 9.59 Å². The van der Waals surface area contributed by atoms with E-state index in [4.69, 9.17) is 18.6 Å². The zero-order valence-corrected chi connectivity index (χ0v) is 18.7. The van der Waals surface area contributed by atoms with Crippen molar-refractivity contribution in [2.24, 2.45) is 0 Å². The van der Waals surface area contributed by atoms with Crippen molar-refractivity contribution in [2.45, 2.75) is 58.7 Å². The van der Waals surface area contributed by atoms with E-state index in [2.05, 4.69) is 13.8 Å². The van der Waals surface area contributed by atoms with Gasteiger partial charge >= 0.3 is 11.9 Å². The lowest BCUT2D eigenvalue weighted by Crippen LogP contribution is -2.49. The Morgan fingerprint density at radius 2 is 1.69 bits per heavy atom. The third-order valence-corrected chi connectivity index (χ3v) is 5.51. The number of carbonyl (C=O) groups excluding carboxylic acids is 3. The maximum absolute atomic E-state index is 12.6. The molecule has 8 heteroatoms. The number of amides is 1. The monoisotopic (exact) mass is 443 g/mol. The van der Waals surface area contributed by atoms with Gasteiger partial charge in [-0.3, -0.25) is 4.79 Å². The minimum absolute atomic E-state index is 0.0379. The normalized spacial score (nSPS) is 18.2. The summed E-state index contributed by atoms with van der Waals surface area (Å²) in [6.07, 6.45) is 4.49. The van der Waals surface area contributed by atoms with Gasteiger partial charge in [-0.2, -0.15) is 0 Å². The number of furan rings is 1. The molecular formula is C24H29NO7. The Morgan fingerprint density at radius 1 is 1.00 bits per heavy atom. The molecule has 0 N–H and O–H groups in total. The van der Waals surface area contributed by atoms with Crippen LogP contribution in [0.25, 0.3) is 0 Å². The largest absolute Gasteiger partial charge is 0.484 e. The van der Waals surface area contributed by atoms with Crippen LogP contribution < -0.4 is 4.74 Å². The van der Waals surface area contributed by atoms with Gasteiger partial charge in [0.1, 0.15) is 11.3 Å². The molecule has 2 atom stereocenters. The van der Waals surface area contributed by atoms with Crippen LogP contribution in [0.3, 0.4) is 0 Å². The predicted octanol–water partition coefficient (Wildman–Crippen LogP) is 3.98. The molecule has 1 saturated heterocycles. The van der Waals surface area contributed by atoms with Crippen LogP contribution >= 0.6 is 0 Å². The maximum atomic E-state index is 12.6. The van der Waals surface area contributed by atoms with E-state index in [1.54, 1.807) is 31.2 Å². The van der Waals surface area contributed by atoms with Crippen molar-refractivity contribution >= 4 is 17.8 Å². The van der Waals surface area contributed by atoms with Crippen molar-refractivity contribution in [3.63, 3.8) is 0 Å². The van der Waals surface area contributed by atoms with E-state index in [0.717, 1.165) is 19.3 Å². The summed E-state index contributed by atoms with van der Waals surface area (Å²) in [5.74, 6) is -0.435. The Kier molecular flexibility index (Phi) is 7.92. The zero-order chi connectivity index (χ0) is 23.1. The summed E-state index contributed by atoms with van der Waals surface area (Å²) in [6.45, 7) is 5.82. The molecule has 0 radical (unpaired) electrons. The maximum Gasteiger partial charge on any atom is 0.341 e. The smallest absolute Gasteiger partial charge is 0.341 e. The topological polar surface area (TPSA) is 95.3 Å². The molecule has 2 aromatic rings. The quantitative estimate of drug-likeness (QED) is 0.570. The first-order valence-corrected chi connectivity index (χ1v) is 10.8. The summed E-state index contributed by atoms with van der Waals surface area (Å²) in [6, 6.07) is 8.25. The fourth-order valence-corrected chi connectivity index (χ4v) is 3.88. The average molecular weight is 443 g/mol. The molecule has 1 aromatic carbocycles. The van der Waals surface area contributed by atoms with Gasteiger partial charge in [0.05, 0.1) is 18.4 Å². The summed E-state index contributed by atoms with van der Waals surface area (Å²) >= 11 is 0. The van der Waals surface area contributed by atoms with Crippen molar-refractivity contribution in [3.05, 3.63) is 53.5 Å². The van der Waals surface area contributed by atoms with Gasteiger partial charge < -0.3 is 23.5 Å². The van der Waals surface area contributed by atoms with Crippen LogP contribution in [0.2, 0.25) is 0 Å². The predicted molar refractivity (Wildman–Crippen MR) is 115 cm³/mol. The molecule has 1 aliphatic heterocycles. The Balaban J connectivity index is 1.51. The Hall–Kier alpha value is -3.29. The molecule has 2 heterocycles. The van der Waals surface area contributed by atoms with Crippen molar-refractivity contribution in [1.82, 2.24) is 4.90 Å². The summed E-state index contributed by atoms with van der Waals surface area (Å²) in [5.41, 5.74) is 0.539. The molecule has 1 aliphatic rings. The van der Waals surface area contributed by atoms with Crippen LogP contribution in [0.5, 0.6) is 5.75 Å². The molecule has 3 rings (SSSR count). The lowest BCUT2D eigenvalue weighted by Gasteiger charge is -2.38. The number of esters is 2. The molecule has 8 nitrogen and oxygen atoms in total. The third kappa shape index (κ3) is 5.69. The number of piperidine rings is 1. The second-order valence-electron chi connectivity index (χ2n) is 7.80. The molecule has 2 unspecified atom stereocenters. The minimum atomic E-state index is -0.574. The van der Waals surface area contributed by atoms with E-state index in [1.165, 1.54) is 12.3 Å². The van der Waals surface area contributed by atoms with Crippen LogP contribution in [0, 0.1) is 0 Å². The number of ether oxygens (including phenoxy) is 3. The van der Waals surface area contributed by atoms with E-state index in [0.29, 0.717) is 11.3 Å². The number of hydrogen-bond acceptors (Lipinski definition) is 7. The number of nitrogens with zero attached hydrogens (tertiary/aromatic N) is 1. The molecule has 0 spiro atoms. The van der Waals surface area contributed by atoms with Crippen molar-refractivity contribution in [3.8, 4) is 5.75 Å². The standard InChI is InChI=1S/C24H29NO7/c1-4-29-24(28)20-12-13-30-21(20)14-32-23(27)18-8-10-19(11-9-18)31-15-22(26)25-16(2)6-5-7-17(25)3/h8-13,16-17H,4-7,14-15H2,1-3H3. The van der Waals surface area contributed by atoms with Gasteiger partial charge in [-0.1, -0.05) is 0 Å². The number of rotatable bonds is 8. The van der Waals surface area contributed by atoms with Gasteiger partial charge in [-0.15, -0.1) is 0 Å². The fraction of sp³-hybridized carbons (Fsp3) is 0.458. The number of hydrogen-bond donors (Lipinski definition) is 0. The number of likely N-dealkylation sites (tertiary alicyclic amines) is 1. The Labute approximate surface area is 187 Å². The van der Waals surface area contributed by atoms with E-state index in [1.807, 2.05) is 4.90 Å². The summed E-state index contributed by atoms with van der Waals surface area (Å²) in [7, 11) is 0. The van der Waals surface area contributed by atoms with Gasteiger partial charge in [0, 0.05) is 12.1 Å². The molecule has 1 amide bonds. The minimum Gasteiger partial charge on any atom is -0.484 e. The number of carbonyl (C=O) groups is 3. The highest BCUT2D eigenvalue weighted by Gasteiger charge is 2.29. The summed E-state index contributed by atoms with van der Waals surface area (Å²) in [4.78, 5) is 38.6. The van der Waals surface area contributed by atoms with E-state index in [9.17, 15) is 14.4 Å². The summed E-state index contributed by atoms with van der Waals surface area (Å²) in [5, 5.41) is 0. The van der Waals surface area contributed by atoms with Crippen molar-refractivity contribution in [2.75, 3.05) is 13.2 Å². The highest BCUT2D eigenvalue weighted by atomic mass is 16.5. The molecule has 0 saturated carbocycles. The van der Waals surface area contributed by atoms with Crippen molar-refractivity contribution in [1.29, 1.82) is 0 Å². The third-order valence-electron chi connectivity index (χ3n) is 5.51. The first kappa shape index (κ1) is 23.4. The van der Waals surface area contributed by atoms with Gasteiger partial charge in [0.2, 0.25) is 0 Å². The van der Waals surface area contributed by atoms with E-state index >= 15 is 0 Å². The molecule has 1 fully saturated rings. The van der Waals surface area contributed by atoms with Crippen LogP contribution in [-0.2, 0) is 20.9 Å². The zero-order valence-electron chi connectivity index (χ0n) is 18.7. The fourth-order valence-electron chi connectivity index (χ4n) is 3.88. The highest BCUT2D eigenvalue weighted by Crippen LogP contribution is 2.23. The summed E-state index contributed by atoms with van der Waals surface area (Å²) < 4.78 is 21.0. The van der Waals surface area contributed by atoms with Gasteiger partial charge in [0.25, 0.3) is 5.91 Å². The second kappa shape index (κ2) is 10.8. The van der Waals surface area contributed by atoms with Crippen LogP contribution in [0.1, 0.15) is 66.5 Å². The lowest BCUT2D eigenvalue weighted by molar-refractivity contribution is -0.139. The van der Waals surface area contributed by atoms with Gasteiger partial charge in [-0.05, 0) is 70.4 Å². The Bertz CT molecular complexity index is 924. The average Bonchev–Trinajstić information content (AvgIpc) is 3.25. The number of benzene rings is 1. The van der Waals surface area contributed by atoms with Crippen LogP contribution in [0.4, 0.5) is 0 Å².